The first-order valence-electron chi connectivity index (χ1n) is 5.96. The second kappa shape index (κ2) is 4.59. The highest BCUT2D eigenvalue weighted by Crippen LogP contribution is 2.18. The van der Waals surface area contributed by atoms with E-state index in [2.05, 4.69) is 30.6 Å². The summed E-state index contributed by atoms with van der Waals surface area (Å²) >= 11 is 0. The molecule has 0 atom stereocenters. The Morgan fingerprint density at radius 3 is 2.89 bits per heavy atom. The molecular formula is C11H14N6O. The lowest BCUT2D eigenvalue weighted by atomic mass is 10.4. The molecule has 1 fully saturated rings. The topological polar surface area (TPSA) is 80.0 Å². The molecular weight excluding hydrogens is 232 g/mol. The van der Waals surface area contributed by atoms with Gasteiger partial charge in [0.05, 0.1) is 6.20 Å². The molecule has 7 nitrogen and oxygen atoms in total. The normalized spacial score (nSPS) is 15.1. The molecule has 0 spiro atoms. The summed E-state index contributed by atoms with van der Waals surface area (Å²) in [4.78, 5) is 6.62. The summed E-state index contributed by atoms with van der Waals surface area (Å²) in [6.45, 7) is 3.89. The first-order chi connectivity index (χ1) is 8.81. The van der Waals surface area contributed by atoms with Crippen molar-refractivity contribution in [3.05, 3.63) is 18.0 Å². The van der Waals surface area contributed by atoms with Gasteiger partial charge in [0.2, 0.25) is 5.95 Å². The maximum atomic E-state index is 4.97. The number of aryl methyl sites for hydroxylation is 1. The molecule has 94 valence electrons. The Kier molecular flexibility index (Phi) is 2.79. The lowest BCUT2D eigenvalue weighted by molar-refractivity contribution is 0.400. The summed E-state index contributed by atoms with van der Waals surface area (Å²) < 4.78 is 4.97. The zero-order valence-electron chi connectivity index (χ0n) is 10.1. The zero-order valence-corrected chi connectivity index (χ0v) is 10.1. The molecule has 1 N–H and O–H groups in total. The average molecular weight is 246 g/mol. The minimum atomic E-state index is 0.438. The molecule has 1 aliphatic heterocycles. The molecule has 0 aromatic carbocycles. The van der Waals surface area contributed by atoms with Crippen molar-refractivity contribution in [3.63, 3.8) is 0 Å². The quantitative estimate of drug-likeness (QED) is 0.879. The first-order valence-corrected chi connectivity index (χ1v) is 5.96. The largest absolute Gasteiger partial charge is 0.360 e. The van der Waals surface area contributed by atoms with Crippen LogP contribution in [0.2, 0.25) is 0 Å². The molecule has 18 heavy (non-hydrogen) atoms. The first kappa shape index (κ1) is 10.9. The van der Waals surface area contributed by atoms with Gasteiger partial charge < -0.3 is 14.7 Å². The second-order valence-electron chi connectivity index (χ2n) is 4.28. The van der Waals surface area contributed by atoms with Crippen LogP contribution in [0.1, 0.15) is 18.6 Å². The van der Waals surface area contributed by atoms with E-state index in [1.165, 1.54) is 12.8 Å². The molecule has 0 saturated carbocycles. The highest BCUT2D eigenvalue weighted by Gasteiger charge is 2.15. The Morgan fingerprint density at radius 2 is 2.17 bits per heavy atom. The van der Waals surface area contributed by atoms with Crippen LogP contribution in [0.3, 0.4) is 0 Å². The number of nitrogens with one attached hydrogen (secondary N) is 1. The fraction of sp³-hybridized carbons (Fsp3) is 0.455. The van der Waals surface area contributed by atoms with Crippen molar-refractivity contribution in [3.8, 4) is 0 Å². The number of rotatable bonds is 3. The van der Waals surface area contributed by atoms with Crippen LogP contribution in [0.4, 0.5) is 17.6 Å². The number of anilines is 3. The van der Waals surface area contributed by atoms with Crippen molar-refractivity contribution in [1.82, 2.24) is 20.3 Å². The molecule has 0 aliphatic carbocycles. The van der Waals surface area contributed by atoms with Gasteiger partial charge >= 0.3 is 0 Å². The van der Waals surface area contributed by atoms with Crippen LogP contribution in [0.5, 0.6) is 0 Å². The van der Waals surface area contributed by atoms with Gasteiger partial charge in [-0.1, -0.05) is 5.16 Å². The van der Waals surface area contributed by atoms with Gasteiger partial charge in [0, 0.05) is 19.2 Å². The summed E-state index contributed by atoms with van der Waals surface area (Å²) in [5, 5.41) is 14.7. The van der Waals surface area contributed by atoms with E-state index in [-0.39, 0.29) is 0 Å². The van der Waals surface area contributed by atoms with E-state index in [1.54, 1.807) is 12.3 Å². The molecule has 7 heteroatoms. The van der Waals surface area contributed by atoms with Gasteiger partial charge in [-0.3, -0.25) is 0 Å². The lowest BCUT2D eigenvalue weighted by Crippen LogP contribution is -2.19. The van der Waals surface area contributed by atoms with Gasteiger partial charge in [0.15, 0.2) is 11.6 Å². The Balaban J connectivity index is 1.78. The van der Waals surface area contributed by atoms with Crippen LogP contribution >= 0.6 is 0 Å². The van der Waals surface area contributed by atoms with E-state index in [9.17, 15) is 0 Å². The van der Waals surface area contributed by atoms with E-state index in [0.717, 1.165) is 24.7 Å². The summed E-state index contributed by atoms with van der Waals surface area (Å²) in [6.07, 6.45) is 4.09. The van der Waals surface area contributed by atoms with Gasteiger partial charge in [0.25, 0.3) is 0 Å². The van der Waals surface area contributed by atoms with Gasteiger partial charge in [0.1, 0.15) is 5.76 Å². The van der Waals surface area contributed by atoms with Crippen LogP contribution < -0.4 is 10.2 Å². The van der Waals surface area contributed by atoms with E-state index in [1.807, 2.05) is 6.92 Å². The molecule has 1 saturated heterocycles. The SMILES string of the molecule is Cc1cc(Nc2nncc(N3CCCC3)n2)no1. The fourth-order valence-electron chi connectivity index (χ4n) is 1.99. The number of hydrogen-bond donors (Lipinski definition) is 1. The van der Waals surface area contributed by atoms with Crippen LogP contribution in [0.15, 0.2) is 16.8 Å². The van der Waals surface area contributed by atoms with Gasteiger partial charge in [-0.05, 0) is 19.8 Å². The second-order valence-corrected chi connectivity index (χ2v) is 4.28. The van der Waals surface area contributed by atoms with Crippen LogP contribution in [0.25, 0.3) is 0 Å². The van der Waals surface area contributed by atoms with Gasteiger partial charge in [-0.2, -0.15) is 10.1 Å². The third kappa shape index (κ3) is 2.24. The molecule has 1 aliphatic rings. The molecule has 0 amide bonds. The van der Waals surface area contributed by atoms with Crippen molar-refractivity contribution < 1.29 is 4.52 Å². The minimum Gasteiger partial charge on any atom is -0.360 e. The highest BCUT2D eigenvalue weighted by atomic mass is 16.5. The smallest absolute Gasteiger partial charge is 0.250 e. The third-order valence-electron chi connectivity index (χ3n) is 2.84. The monoisotopic (exact) mass is 246 g/mol. The molecule has 0 radical (unpaired) electrons. The molecule has 0 bridgehead atoms. The number of aromatic nitrogens is 4. The van der Waals surface area contributed by atoms with Crippen molar-refractivity contribution >= 4 is 17.6 Å². The van der Waals surface area contributed by atoms with E-state index >= 15 is 0 Å². The van der Waals surface area contributed by atoms with E-state index in [4.69, 9.17) is 4.52 Å². The standard InChI is InChI=1S/C11H14N6O/c1-8-6-9(16-18-8)13-11-14-10(7-12-15-11)17-4-2-3-5-17/h6-7H,2-5H2,1H3,(H,13,14,15,16). The third-order valence-corrected chi connectivity index (χ3v) is 2.84. The maximum Gasteiger partial charge on any atom is 0.250 e. The fourth-order valence-corrected chi connectivity index (χ4v) is 1.99. The lowest BCUT2D eigenvalue weighted by Gasteiger charge is -2.15. The summed E-state index contributed by atoms with van der Waals surface area (Å²) in [5.74, 6) is 2.62. The Labute approximate surface area is 104 Å². The molecule has 2 aromatic rings. The van der Waals surface area contributed by atoms with Crippen molar-refractivity contribution in [2.45, 2.75) is 19.8 Å². The van der Waals surface area contributed by atoms with Gasteiger partial charge in [-0.25, -0.2) is 0 Å². The van der Waals surface area contributed by atoms with Crippen LogP contribution in [-0.4, -0.2) is 33.4 Å². The van der Waals surface area contributed by atoms with E-state index in [0.29, 0.717) is 11.8 Å². The molecule has 2 aromatic heterocycles. The summed E-state index contributed by atoms with van der Waals surface area (Å²) in [6, 6.07) is 1.78. The highest BCUT2D eigenvalue weighted by molar-refractivity contribution is 5.49. The predicted molar refractivity (Wildman–Crippen MR) is 65.8 cm³/mol. The van der Waals surface area contributed by atoms with E-state index < -0.39 is 0 Å². The Morgan fingerprint density at radius 1 is 1.33 bits per heavy atom. The van der Waals surface area contributed by atoms with Crippen LogP contribution in [-0.2, 0) is 0 Å². The Hall–Kier alpha value is -2.18. The van der Waals surface area contributed by atoms with Gasteiger partial charge in [-0.15, -0.1) is 5.10 Å². The van der Waals surface area contributed by atoms with Crippen molar-refractivity contribution in [1.29, 1.82) is 0 Å². The predicted octanol–water partition coefficient (Wildman–Crippen LogP) is 1.51. The number of hydrogen-bond acceptors (Lipinski definition) is 7. The summed E-state index contributed by atoms with van der Waals surface area (Å²) in [7, 11) is 0. The van der Waals surface area contributed by atoms with Crippen molar-refractivity contribution in [2.75, 3.05) is 23.3 Å². The number of nitrogens with zero attached hydrogens (tertiary/aromatic N) is 5. The molecule has 3 heterocycles. The average Bonchev–Trinajstić information content (AvgIpc) is 3.01. The van der Waals surface area contributed by atoms with Crippen LogP contribution in [0, 0.1) is 6.92 Å². The molecule has 3 rings (SSSR count). The molecule has 0 unspecified atom stereocenters. The summed E-state index contributed by atoms with van der Waals surface area (Å²) in [5.41, 5.74) is 0. The Bertz CT molecular complexity index is 534. The zero-order chi connectivity index (χ0) is 12.4. The van der Waals surface area contributed by atoms with Crippen molar-refractivity contribution in [2.24, 2.45) is 0 Å². The minimum absolute atomic E-state index is 0.438. The maximum absolute atomic E-state index is 4.97.